The Morgan fingerprint density at radius 1 is 1.50 bits per heavy atom. The van der Waals surface area contributed by atoms with Gasteiger partial charge in [0.05, 0.1) is 4.92 Å². The summed E-state index contributed by atoms with van der Waals surface area (Å²) in [7, 11) is 0. The van der Waals surface area contributed by atoms with Crippen molar-refractivity contribution in [3.63, 3.8) is 0 Å². The van der Waals surface area contributed by atoms with Crippen LogP contribution in [0.5, 0.6) is 0 Å². The van der Waals surface area contributed by atoms with E-state index in [2.05, 4.69) is 5.32 Å². The lowest BCUT2D eigenvalue weighted by Gasteiger charge is -2.04. The normalized spacial score (nSPS) is 10.6. The molecule has 0 fully saturated rings. The maximum atomic E-state index is 11.7. The molecular weight excluding hydrogens is 258 g/mol. The van der Waals surface area contributed by atoms with E-state index in [4.69, 9.17) is 17.3 Å². The molecule has 0 bridgehead atoms. The predicted molar refractivity (Wildman–Crippen MR) is 68.6 cm³/mol. The van der Waals surface area contributed by atoms with E-state index < -0.39 is 10.8 Å². The lowest BCUT2D eigenvalue weighted by atomic mass is 10.1. The van der Waals surface area contributed by atoms with Gasteiger partial charge in [-0.2, -0.15) is 0 Å². The number of hydrogen-bond acceptors (Lipinski definition) is 4. The molecule has 6 nitrogen and oxygen atoms in total. The quantitative estimate of drug-likeness (QED) is 0.481. The summed E-state index contributed by atoms with van der Waals surface area (Å²) in [6.45, 7) is 0.618. The van der Waals surface area contributed by atoms with Crippen LogP contribution in [0.15, 0.2) is 30.4 Å². The molecule has 0 aliphatic heterocycles. The highest BCUT2D eigenvalue weighted by molar-refractivity contribution is 6.31. The molecule has 1 aromatic carbocycles. The van der Waals surface area contributed by atoms with E-state index in [0.29, 0.717) is 6.54 Å². The fourth-order valence-electron chi connectivity index (χ4n) is 1.28. The topological polar surface area (TPSA) is 98.3 Å². The van der Waals surface area contributed by atoms with Crippen LogP contribution in [0.3, 0.4) is 0 Å². The van der Waals surface area contributed by atoms with Crippen molar-refractivity contribution in [3.05, 3.63) is 51.1 Å². The van der Waals surface area contributed by atoms with Gasteiger partial charge in [-0.25, -0.2) is 0 Å². The molecule has 0 spiro atoms. The van der Waals surface area contributed by atoms with Gasteiger partial charge in [-0.1, -0.05) is 23.8 Å². The van der Waals surface area contributed by atoms with Crippen LogP contribution in [0.2, 0.25) is 5.02 Å². The van der Waals surface area contributed by atoms with Crippen LogP contribution in [-0.2, 0) is 0 Å². The SMILES string of the molecule is NC/C=C/CNC(=O)c1cc(Cl)ccc1[N+](=O)[O-]. The molecule has 0 heterocycles. The van der Waals surface area contributed by atoms with Crippen LogP contribution in [0.25, 0.3) is 0 Å². The molecule has 0 radical (unpaired) electrons. The highest BCUT2D eigenvalue weighted by atomic mass is 35.5. The Kier molecular flexibility index (Phi) is 5.29. The molecule has 0 saturated heterocycles. The van der Waals surface area contributed by atoms with Crippen LogP contribution >= 0.6 is 11.6 Å². The lowest BCUT2D eigenvalue weighted by Crippen LogP contribution is -2.24. The molecule has 0 saturated carbocycles. The summed E-state index contributed by atoms with van der Waals surface area (Å²) >= 11 is 5.72. The molecule has 0 atom stereocenters. The molecular formula is C11H12ClN3O3. The zero-order valence-electron chi connectivity index (χ0n) is 9.43. The molecule has 0 aliphatic carbocycles. The number of carbonyl (C=O) groups is 1. The van der Waals surface area contributed by atoms with Crippen LogP contribution in [0, 0.1) is 10.1 Å². The number of nitrogens with two attached hydrogens (primary N) is 1. The first-order chi connectivity index (χ1) is 8.56. The fourth-order valence-corrected chi connectivity index (χ4v) is 1.45. The summed E-state index contributed by atoms with van der Waals surface area (Å²) in [5.74, 6) is -0.550. The summed E-state index contributed by atoms with van der Waals surface area (Å²) in [5, 5.41) is 13.5. The summed E-state index contributed by atoms with van der Waals surface area (Å²) in [6, 6.07) is 3.83. The zero-order chi connectivity index (χ0) is 13.5. The maximum Gasteiger partial charge on any atom is 0.282 e. The van der Waals surface area contributed by atoms with Crippen molar-refractivity contribution >= 4 is 23.2 Å². The number of nitrogens with one attached hydrogen (secondary N) is 1. The van der Waals surface area contributed by atoms with E-state index >= 15 is 0 Å². The fraction of sp³-hybridized carbons (Fsp3) is 0.182. The molecule has 3 N–H and O–H groups in total. The van der Waals surface area contributed by atoms with E-state index in [1.54, 1.807) is 12.2 Å². The van der Waals surface area contributed by atoms with E-state index in [-0.39, 0.29) is 22.8 Å². The van der Waals surface area contributed by atoms with Gasteiger partial charge in [0.15, 0.2) is 0 Å². The third-order valence-corrected chi connectivity index (χ3v) is 2.32. The Hall–Kier alpha value is -1.92. The Balaban J connectivity index is 2.87. The number of nitro benzene ring substituents is 1. The summed E-state index contributed by atoms with van der Waals surface area (Å²) in [5.41, 5.74) is 4.89. The monoisotopic (exact) mass is 269 g/mol. The molecule has 0 aliphatic rings. The third-order valence-electron chi connectivity index (χ3n) is 2.08. The van der Waals surface area contributed by atoms with Crippen molar-refractivity contribution < 1.29 is 9.72 Å². The Bertz CT molecular complexity index is 488. The van der Waals surface area contributed by atoms with Crippen molar-refractivity contribution in [1.29, 1.82) is 0 Å². The summed E-state index contributed by atoms with van der Waals surface area (Å²) in [4.78, 5) is 21.9. The van der Waals surface area contributed by atoms with E-state index in [9.17, 15) is 14.9 Å². The standard InChI is InChI=1S/C11H12ClN3O3/c12-8-3-4-10(15(17)18)9(7-8)11(16)14-6-2-1-5-13/h1-4,7H,5-6,13H2,(H,14,16)/b2-1+. The Morgan fingerprint density at radius 2 is 2.22 bits per heavy atom. The van der Waals surface area contributed by atoms with E-state index in [0.717, 1.165) is 0 Å². The van der Waals surface area contributed by atoms with Crippen molar-refractivity contribution in [2.45, 2.75) is 0 Å². The van der Waals surface area contributed by atoms with Crippen molar-refractivity contribution in [2.75, 3.05) is 13.1 Å². The average Bonchev–Trinajstić information content (AvgIpc) is 2.34. The Morgan fingerprint density at radius 3 is 2.83 bits per heavy atom. The van der Waals surface area contributed by atoms with Crippen LogP contribution < -0.4 is 11.1 Å². The predicted octanol–water partition coefficient (Wildman–Crippen LogP) is 1.49. The van der Waals surface area contributed by atoms with Crippen LogP contribution in [0.1, 0.15) is 10.4 Å². The highest BCUT2D eigenvalue weighted by Crippen LogP contribution is 2.22. The summed E-state index contributed by atoms with van der Waals surface area (Å²) in [6.07, 6.45) is 3.33. The van der Waals surface area contributed by atoms with Crippen molar-refractivity contribution in [3.8, 4) is 0 Å². The summed E-state index contributed by atoms with van der Waals surface area (Å²) < 4.78 is 0. The van der Waals surface area contributed by atoms with Gasteiger partial charge in [0.1, 0.15) is 5.56 Å². The first-order valence-electron chi connectivity index (χ1n) is 5.13. The zero-order valence-corrected chi connectivity index (χ0v) is 10.2. The van der Waals surface area contributed by atoms with E-state index in [1.165, 1.54) is 18.2 Å². The van der Waals surface area contributed by atoms with E-state index in [1.807, 2.05) is 0 Å². The minimum Gasteiger partial charge on any atom is -0.348 e. The molecule has 1 rings (SSSR count). The van der Waals surface area contributed by atoms with Gasteiger partial charge in [-0.05, 0) is 12.1 Å². The Labute approximate surface area is 109 Å². The highest BCUT2D eigenvalue weighted by Gasteiger charge is 2.19. The number of nitro groups is 1. The number of hydrogen-bond donors (Lipinski definition) is 2. The molecule has 18 heavy (non-hydrogen) atoms. The van der Waals surface area contributed by atoms with Gasteiger partial charge in [0.2, 0.25) is 0 Å². The molecule has 0 aromatic heterocycles. The van der Waals surface area contributed by atoms with Gasteiger partial charge < -0.3 is 11.1 Å². The van der Waals surface area contributed by atoms with Crippen molar-refractivity contribution in [2.24, 2.45) is 5.73 Å². The minimum atomic E-state index is -0.624. The van der Waals surface area contributed by atoms with Gasteiger partial charge >= 0.3 is 0 Å². The van der Waals surface area contributed by atoms with Gasteiger partial charge in [-0.15, -0.1) is 0 Å². The minimum absolute atomic E-state index is 0.0614. The third kappa shape index (κ3) is 3.83. The molecule has 7 heteroatoms. The molecule has 96 valence electrons. The largest absolute Gasteiger partial charge is 0.348 e. The van der Waals surface area contributed by atoms with Crippen molar-refractivity contribution in [1.82, 2.24) is 5.32 Å². The number of carbonyl (C=O) groups excluding carboxylic acids is 1. The smallest absolute Gasteiger partial charge is 0.282 e. The lowest BCUT2D eigenvalue weighted by molar-refractivity contribution is -0.385. The molecule has 1 amide bonds. The number of halogens is 1. The van der Waals surface area contributed by atoms with Gasteiger partial charge in [0, 0.05) is 24.2 Å². The van der Waals surface area contributed by atoms with Crippen LogP contribution in [-0.4, -0.2) is 23.9 Å². The average molecular weight is 270 g/mol. The first-order valence-corrected chi connectivity index (χ1v) is 5.51. The number of rotatable bonds is 5. The van der Waals surface area contributed by atoms with Gasteiger partial charge in [0.25, 0.3) is 11.6 Å². The maximum absolute atomic E-state index is 11.7. The number of benzene rings is 1. The number of amides is 1. The second-order valence-corrected chi connectivity index (χ2v) is 3.77. The van der Waals surface area contributed by atoms with Gasteiger partial charge in [-0.3, -0.25) is 14.9 Å². The second kappa shape index (κ2) is 6.73. The number of nitrogens with zero attached hydrogens (tertiary/aromatic N) is 1. The van der Waals surface area contributed by atoms with Crippen LogP contribution in [0.4, 0.5) is 5.69 Å². The molecule has 1 aromatic rings. The molecule has 0 unspecified atom stereocenters. The second-order valence-electron chi connectivity index (χ2n) is 3.34. The first kappa shape index (κ1) is 14.1.